The first-order valence-corrected chi connectivity index (χ1v) is 9.49. The molecule has 0 bridgehead atoms. The molecule has 134 valence electrons. The first kappa shape index (κ1) is 15.8. The van der Waals surface area contributed by atoms with E-state index in [4.69, 9.17) is 9.47 Å². The Morgan fingerprint density at radius 2 is 1.88 bits per heavy atom. The van der Waals surface area contributed by atoms with Crippen molar-refractivity contribution in [3.8, 4) is 11.5 Å². The fourth-order valence-corrected chi connectivity index (χ4v) is 4.51. The molecule has 0 radical (unpaired) electrons. The molecule has 1 spiro atoms. The minimum absolute atomic E-state index is 0.155. The molecule has 4 heteroatoms. The predicted molar refractivity (Wildman–Crippen MR) is 102 cm³/mol. The molecule has 1 N–H and O–H groups in total. The van der Waals surface area contributed by atoms with Crippen molar-refractivity contribution < 1.29 is 9.47 Å². The number of hydrogen-bond acceptors (Lipinski definition) is 4. The summed E-state index contributed by atoms with van der Waals surface area (Å²) in [6.07, 6.45) is 8.13. The fourth-order valence-electron chi connectivity index (χ4n) is 4.51. The number of nitrogens with one attached hydrogen (secondary N) is 1. The Hall–Kier alpha value is -2.46. The van der Waals surface area contributed by atoms with Crippen LogP contribution in [0.15, 0.2) is 54.6 Å². The van der Waals surface area contributed by atoms with Crippen LogP contribution in [0.4, 0.5) is 0 Å². The Kier molecular flexibility index (Phi) is 3.68. The summed E-state index contributed by atoms with van der Waals surface area (Å²) in [5.41, 5.74) is 6.93. The van der Waals surface area contributed by atoms with Gasteiger partial charge >= 0.3 is 0 Å². The van der Waals surface area contributed by atoms with Crippen LogP contribution in [-0.4, -0.2) is 17.8 Å². The van der Waals surface area contributed by atoms with Gasteiger partial charge in [0, 0.05) is 18.4 Å². The van der Waals surface area contributed by atoms with Gasteiger partial charge in [-0.15, -0.1) is 0 Å². The lowest BCUT2D eigenvalue weighted by Crippen LogP contribution is -2.60. The maximum atomic E-state index is 6.63. The first-order chi connectivity index (χ1) is 12.8. The Bertz CT molecular complexity index is 840. The number of fused-ring (bicyclic) bond motifs is 4. The number of nitrogens with zero attached hydrogens (tertiary/aromatic N) is 1. The molecule has 3 aliphatic rings. The van der Waals surface area contributed by atoms with Crippen molar-refractivity contribution in [3.05, 3.63) is 65.7 Å². The Morgan fingerprint density at radius 1 is 1.08 bits per heavy atom. The quantitative estimate of drug-likeness (QED) is 0.856. The summed E-state index contributed by atoms with van der Waals surface area (Å²) in [5.74, 6) is 1.86. The van der Waals surface area contributed by atoms with E-state index in [2.05, 4.69) is 59.0 Å². The lowest BCUT2D eigenvalue weighted by molar-refractivity contribution is -0.150. The SMILES string of the molecule is COc1ccc2c(c1)C1C=C(c3ccccc3)NN1C1(CCCCC1)O2. The van der Waals surface area contributed by atoms with Gasteiger partial charge in [-0.25, -0.2) is 0 Å². The van der Waals surface area contributed by atoms with Crippen LogP contribution in [0.3, 0.4) is 0 Å². The van der Waals surface area contributed by atoms with Crippen LogP contribution < -0.4 is 14.9 Å². The topological polar surface area (TPSA) is 33.7 Å². The number of ether oxygens (including phenoxy) is 2. The second kappa shape index (κ2) is 6.06. The van der Waals surface area contributed by atoms with Crippen molar-refractivity contribution in [2.24, 2.45) is 0 Å². The van der Waals surface area contributed by atoms with Gasteiger partial charge in [-0.1, -0.05) is 36.8 Å². The number of benzene rings is 2. The Balaban J connectivity index is 1.61. The van der Waals surface area contributed by atoms with Gasteiger partial charge in [0.15, 0.2) is 5.72 Å². The maximum Gasteiger partial charge on any atom is 0.180 e. The molecule has 2 aliphatic heterocycles. The highest BCUT2D eigenvalue weighted by Crippen LogP contribution is 2.50. The van der Waals surface area contributed by atoms with Gasteiger partial charge in [0.2, 0.25) is 0 Å². The van der Waals surface area contributed by atoms with E-state index in [-0.39, 0.29) is 11.8 Å². The molecule has 0 aromatic heterocycles. The zero-order chi connectivity index (χ0) is 17.6. The molecule has 0 saturated heterocycles. The number of rotatable bonds is 2. The van der Waals surface area contributed by atoms with Crippen molar-refractivity contribution in [2.45, 2.75) is 43.9 Å². The zero-order valence-corrected chi connectivity index (χ0v) is 15.1. The molecule has 1 aliphatic carbocycles. The third kappa shape index (κ3) is 2.40. The highest BCUT2D eigenvalue weighted by molar-refractivity contribution is 5.67. The van der Waals surface area contributed by atoms with E-state index >= 15 is 0 Å². The molecular weight excluding hydrogens is 324 g/mol. The highest BCUT2D eigenvalue weighted by atomic mass is 16.5. The van der Waals surface area contributed by atoms with E-state index in [0.717, 1.165) is 30.0 Å². The first-order valence-electron chi connectivity index (χ1n) is 9.49. The van der Waals surface area contributed by atoms with Crippen molar-refractivity contribution >= 4 is 5.70 Å². The molecule has 0 amide bonds. The van der Waals surface area contributed by atoms with Gasteiger partial charge in [0.05, 0.1) is 18.8 Å². The normalized spacial score (nSPS) is 23.4. The molecule has 2 aromatic carbocycles. The van der Waals surface area contributed by atoms with Crippen LogP contribution in [-0.2, 0) is 0 Å². The molecule has 1 saturated carbocycles. The summed E-state index contributed by atoms with van der Waals surface area (Å²) in [6, 6.07) is 16.8. The zero-order valence-electron chi connectivity index (χ0n) is 15.1. The van der Waals surface area contributed by atoms with Crippen LogP contribution in [0.1, 0.15) is 49.3 Å². The molecule has 1 fully saturated rings. The largest absolute Gasteiger partial charge is 0.497 e. The van der Waals surface area contributed by atoms with E-state index in [9.17, 15) is 0 Å². The summed E-state index contributed by atoms with van der Waals surface area (Å²) in [4.78, 5) is 0. The van der Waals surface area contributed by atoms with Gasteiger partial charge in [-0.2, -0.15) is 5.01 Å². The molecule has 2 aromatic rings. The van der Waals surface area contributed by atoms with Gasteiger partial charge < -0.3 is 14.9 Å². The van der Waals surface area contributed by atoms with E-state index < -0.39 is 0 Å². The van der Waals surface area contributed by atoms with Gasteiger partial charge in [-0.05, 0) is 42.7 Å². The van der Waals surface area contributed by atoms with Crippen LogP contribution in [0.5, 0.6) is 11.5 Å². The summed E-state index contributed by atoms with van der Waals surface area (Å²) in [6.45, 7) is 0. The van der Waals surface area contributed by atoms with E-state index in [0.29, 0.717) is 0 Å². The third-order valence-electron chi connectivity index (χ3n) is 5.84. The smallest absolute Gasteiger partial charge is 0.180 e. The fraction of sp³-hybridized carbons (Fsp3) is 0.364. The molecule has 2 heterocycles. The third-order valence-corrected chi connectivity index (χ3v) is 5.84. The summed E-state index contributed by atoms with van der Waals surface area (Å²) >= 11 is 0. The summed E-state index contributed by atoms with van der Waals surface area (Å²) < 4.78 is 12.1. The monoisotopic (exact) mass is 348 g/mol. The second-order valence-electron chi connectivity index (χ2n) is 7.39. The van der Waals surface area contributed by atoms with Crippen molar-refractivity contribution in [3.63, 3.8) is 0 Å². The van der Waals surface area contributed by atoms with Crippen molar-refractivity contribution in [1.29, 1.82) is 0 Å². The average Bonchev–Trinajstić information content (AvgIpc) is 3.16. The van der Waals surface area contributed by atoms with Gasteiger partial charge in [0.25, 0.3) is 0 Å². The minimum atomic E-state index is -0.266. The van der Waals surface area contributed by atoms with Gasteiger partial charge in [-0.3, -0.25) is 0 Å². The van der Waals surface area contributed by atoms with Gasteiger partial charge in [0.1, 0.15) is 11.5 Å². The number of hydrazine groups is 1. The van der Waals surface area contributed by atoms with Crippen molar-refractivity contribution in [2.75, 3.05) is 7.11 Å². The van der Waals surface area contributed by atoms with Crippen molar-refractivity contribution in [1.82, 2.24) is 10.4 Å². The second-order valence-corrected chi connectivity index (χ2v) is 7.39. The van der Waals surface area contributed by atoms with Crippen LogP contribution in [0, 0.1) is 0 Å². The molecule has 26 heavy (non-hydrogen) atoms. The summed E-state index contributed by atoms with van der Waals surface area (Å²) in [5, 5.41) is 2.34. The van der Waals surface area contributed by atoms with E-state index in [1.807, 2.05) is 6.07 Å². The Morgan fingerprint density at radius 3 is 2.65 bits per heavy atom. The Labute approximate surface area is 154 Å². The standard InChI is InChI=1S/C22H24N2O2/c1-25-17-10-11-21-18(14-17)20-15-19(16-8-4-2-5-9-16)23-24(20)22(26-21)12-6-3-7-13-22/h2,4-5,8-11,14-15,20,23H,3,6-7,12-13H2,1H3. The van der Waals surface area contributed by atoms with E-state index in [1.54, 1.807) is 7.11 Å². The predicted octanol–water partition coefficient (Wildman–Crippen LogP) is 4.65. The molecule has 1 atom stereocenters. The molecule has 1 unspecified atom stereocenters. The molecular formula is C22H24N2O2. The maximum absolute atomic E-state index is 6.63. The van der Waals surface area contributed by atoms with Crippen LogP contribution >= 0.6 is 0 Å². The number of hydrogen-bond donors (Lipinski definition) is 1. The van der Waals surface area contributed by atoms with Crippen LogP contribution in [0.25, 0.3) is 5.70 Å². The lowest BCUT2D eigenvalue weighted by Gasteiger charge is -2.50. The molecule has 5 rings (SSSR count). The van der Waals surface area contributed by atoms with Crippen LogP contribution in [0.2, 0.25) is 0 Å². The minimum Gasteiger partial charge on any atom is -0.497 e. The average molecular weight is 348 g/mol. The highest BCUT2D eigenvalue weighted by Gasteiger charge is 2.50. The summed E-state index contributed by atoms with van der Waals surface area (Å²) in [7, 11) is 1.71. The lowest BCUT2D eigenvalue weighted by atomic mass is 9.87. The van der Waals surface area contributed by atoms with E-state index in [1.165, 1.54) is 30.4 Å². The molecule has 4 nitrogen and oxygen atoms in total. The number of methoxy groups -OCH3 is 1.